The first-order chi connectivity index (χ1) is 7.94. The van der Waals surface area contributed by atoms with E-state index in [1.165, 1.54) is 0 Å². The van der Waals surface area contributed by atoms with Crippen molar-refractivity contribution < 1.29 is 9.84 Å². The molecule has 96 valence electrons. The number of hydrogen-bond donors (Lipinski definition) is 3. The SMILES string of the molecule is CCOc1nc(NC)nc(NCC(C)(C)O)n1. The van der Waals surface area contributed by atoms with Gasteiger partial charge in [-0.15, -0.1) is 0 Å². The summed E-state index contributed by atoms with van der Waals surface area (Å²) in [7, 11) is 1.71. The van der Waals surface area contributed by atoms with E-state index in [-0.39, 0.29) is 6.01 Å². The summed E-state index contributed by atoms with van der Waals surface area (Å²) in [6, 6.07) is 0.255. The maximum absolute atomic E-state index is 9.60. The van der Waals surface area contributed by atoms with Gasteiger partial charge in [0.15, 0.2) is 0 Å². The number of aromatic nitrogens is 3. The Morgan fingerprint density at radius 1 is 1.24 bits per heavy atom. The summed E-state index contributed by atoms with van der Waals surface area (Å²) in [4.78, 5) is 12.2. The second-order valence-corrected chi connectivity index (χ2v) is 4.11. The summed E-state index contributed by atoms with van der Waals surface area (Å²) in [6.07, 6.45) is 0. The summed E-state index contributed by atoms with van der Waals surface area (Å²) >= 11 is 0. The molecule has 0 amide bonds. The summed E-state index contributed by atoms with van der Waals surface area (Å²) in [5.74, 6) is 0.789. The second-order valence-electron chi connectivity index (χ2n) is 4.11. The number of rotatable bonds is 6. The molecule has 0 aromatic carbocycles. The van der Waals surface area contributed by atoms with Crippen molar-refractivity contribution in [3.8, 4) is 6.01 Å². The lowest BCUT2D eigenvalue weighted by atomic mass is 10.1. The lowest BCUT2D eigenvalue weighted by Gasteiger charge is -2.17. The Balaban J connectivity index is 2.79. The van der Waals surface area contributed by atoms with E-state index >= 15 is 0 Å². The molecule has 1 aromatic rings. The molecule has 7 heteroatoms. The quantitative estimate of drug-likeness (QED) is 0.667. The van der Waals surface area contributed by atoms with Crippen LogP contribution < -0.4 is 15.4 Å². The highest BCUT2D eigenvalue weighted by molar-refractivity contribution is 5.35. The third kappa shape index (κ3) is 4.81. The van der Waals surface area contributed by atoms with Crippen LogP contribution in [0.2, 0.25) is 0 Å². The normalized spacial score (nSPS) is 11.1. The molecule has 0 spiro atoms. The topological polar surface area (TPSA) is 92.2 Å². The number of anilines is 2. The lowest BCUT2D eigenvalue weighted by Crippen LogP contribution is -2.30. The molecule has 0 radical (unpaired) electrons. The van der Waals surface area contributed by atoms with Crippen molar-refractivity contribution in [2.24, 2.45) is 0 Å². The van der Waals surface area contributed by atoms with Gasteiger partial charge in [0.2, 0.25) is 11.9 Å². The highest BCUT2D eigenvalue weighted by Gasteiger charge is 2.13. The fourth-order valence-electron chi connectivity index (χ4n) is 1.04. The molecule has 1 heterocycles. The second kappa shape index (κ2) is 5.62. The Hall–Kier alpha value is -1.63. The van der Waals surface area contributed by atoms with E-state index in [1.807, 2.05) is 6.92 Å². The molecule has 0 aliphatic carbocycles. The summed E-state index contributed by atoms with van der Waals surface area (Å²) < 4.78 is 5.22. The van der Waals surface area contributed by atoms with Crippen molar-refractivity contribution >= 4 is 11.9 Å². The van der Waals surface area contributed by atoms with E-state index in [9.17, 15) is 5.11 Å². The van der Waals surface area contributed by atoms with Crippen molar-refractivity contribution in [2.45, 2.75) is 26.4 Å². The largest absolute Gasteiger partial charge is 0.464 e. The zero-order chi connectivity index (χ0) is 12.9. The van der Waals surface area contributed by atoms with Crippen molar-refractivity contribution in [1.82, 2.24) is 15.0 Å². The van der Waals surface area contributed by atoms with E-state index in [2.05, 4.69) is 25.6 Å². The first-order valence-electron chi connectivity index (χ1n) is 5.47. The zero-order valence-corrected chi connectivity index (χ0v) is 10.6. The average Bonchev–Trinajstić information content (AvgIpc) is 2.25. The van der Waals surface area contributed by atoms with Gasteiger partial charge in [0, 0.05) is 13.6 Å². The Bertz CT molecular complexity index is 364. The number of nitrogens with one attached hydrogen (secondary N) is 2. The van der Waals surface area contributed by atoms with Crippen molar-refractivity contribution in [3.05, 3.63) is 0 Å². The molecule has 0 fully saturated rings. The first kappa shape index (κ1) is 13.4. The number of ether oxygens (including phenoxy) is 1. The standard InChI is InChI=1S/C10H19N5O2/c1-5-17-9-14-7(11-4)13-8(15-9)12-6-10(2,3)16/h16H,5-6H2,1-4H3,(H2,11,12,13,14,15). The number of aliphatic hydroxyl groups is 1. The molecule has 1 aromatic heterocycles. The summed E-state index contributed by atoms with van der Waals surface area (Å²) in [5, 5.41) is 15.3. The van der Waals surface area contributed by atoms with Crippen LogP contribution in [0, 0.1) is 0 Å². The highest BCUT2D eigenvalue weighted by atomic mass is 16.5. The highest BCUT2D eigenvalue weighted by Crippen LogP contribution is 2.11. The molecular weight excluding hydrogens is 222 g/mol. The third-order valence-electron chi connectivity index (χ3n) is 1.79. The fraction of sp³-hybridized carbons (Fsp3) is 0.700. The lowest BCUT2D eigenvalue weighted by molar-refractivity contribution is 0.0943. The van der Waals surface area contributed by atoms with Crippen LogP contribution in [0.4, 0.5) is 11.9 Å². The van der Waals surface area contributed by atoms with Gasteiger partial charge in [-0.25, -0.2) is 0 Å². The van der Waals surface area contributed by atoms with Gasteiger partial charge in [0.05, 0.1) is 12.2 Å². The van der Waals surface area contributed by atoms with Crippen LogP contribution in [-0.2, 0) is 0 Å². The minimum atomic E-state index is -0.835. The molecule has 3 N–H and O–H groups in total. The van der Waals surface area contributed by atoms with E-state index < -0.39 is 5.60 Å². The van der Waals surface area contributed by atoms with Gasteiger partial charge >= 0.3 is 6.01 Å². The van der Waals surface area contributed by atoms with Gasteiger partial charge in [-0.1, -0.05) is 0 Å². The van der Waals surface area contributed by atoms with E-state index in [0.717, 1.165) is 0 Å². The van der Waals surface area contributed by atoms with Crippen LogP contribution in [0.1, 0.15) is 20.8 Å². The predicted molar refractivity (Wildman–Crippen MR) is 65.3 cm³/mol. The predicted octanol–water partition coefficient (Wildman–Crippen LogP) is 0.495. The van der Waals surface area contributed by atoms with E-state index in [1.54, 1.807) is 20.9 Å². The Kier molecular flexibility index (Phi) is 4.45. The molecule has 0 saturated heterocycles. The molecule has 0 atom stereocenters. The zero-order valence-electron chi connectivity index (χ0n) is 10.6. The molecular formula is C10H19N5O2. The molecule has 0 aliphatic rings. The monoisotopic (exact) mass is 241 g/mol. The van der Waals surface area contributed by atoms with Crippen LogP contribution >= 0.6 is 0 Å². The van der Waals surface area contributed by atoms with Crippen LogP contribution in [0.25, 0.3) is 0 Å². The van der Waals surface area contributed by atoms with Gasteiger partial charge in [0.25, 0.3) is 0 Å². The van der Waals surface area contributed by atoms with Gasteiger partial charge in [0.1, 0.15) is 0 Å². The number of hydrogen-bond acceptors (Lipinski definition) is 7. The molecule has 17 heavy (non-hydrogen) atoms. The Labute approximate surface area is 101 Å². The smallest absolute Gasteiger partial charge is 0.323 e. The van der Waals surface area contributed by atoms with Gasteiger partial charge in [-0.2, -0.15) is 15.0 Å². The summed E-state index contributed by atoms with van der Waals surface area (Å²) in [5.41, 5.74) is -0.835. The van der Waals surface area contributed by atoms with Crippen molar-refractivity contribution in [2.75, 3.05) is 30.8 Å². The summed E-state index contributed by atoms with van der Waals surface area (Å²) in [6.45, 7) is 6.07. The first-order valence-corrected chi connectivity index (χ1v) is 5.47. The van der Waals surface area contributed by atoms with Crippen LogP contribution in [-0.4, -0.2) is 45.9 Å². The van der Waals surface area contributed by atoms with Crippen LogP contribution in [0.15, 0.2) is 0 Å². The van der Waals surface area contributed by atoms with E-state index in [0.29, 0.717) is 25.0 Å². The fourth-order valence-corrected chi connectivity index (χ4v) is 1.04. The van der Waals surface area contributed by atoms with Gasteiger partial charge in [-0.3, -0.25) is 0 Å². The minimum absolute atomic E-state index is 0.255. The van der Waals surface area contributed by atoms with Crippen molar-refractivity contribution in [3.63, 3.8) is 0 Å². The Morgan fingerprint density at radius 3 is 2.41 bits per heavy atom. The van der Waals surface area contributed by atoms with Crippen molar-refractivity contribution in [1.29, 1.82) is 0 Å². The molecule has 1 rings (SSSR count). The molecule has 0 aliphatic heterocycles. The average molecular weight is 241 g/mol. The van der Waals surface area contributed by atoms with Gasteiger partial charge < -0.3 is 20.5 Å². The van der Waals surface area contributed by atoms with Crippen LogP contribution in [0.5, 0.6) is 6.01 Å². The Morgan fingerprint density at radius 2 is 1.88 bits per heavy atom. The maximum Gasteiger partial charge on any atom is 0.323 e. The molecule has 7 nitrogen and oxygen atoms in total. The third-order valence-corrected chi connectivity index (χ3v) is 1.79. The molecule has 0 saturated carbocycles. The number of nitrogens with zero attached hydrogens (tertiary/aromatic N) is 3. The maximum atomic E-state index is 9.60. The van der Waals surface area contributed by atoms with Crippen LogP contribution in [0.3, 0.4) is 0 Å². The molecule has 0 unspecified atom stereocenters. The van der Waals surface area contributed by atoms with Gasteiger partial charge in [-0.05, 0) is 20.8 Å². The van der Waals surface area contributed by atoms with E-state index in [4.69, 9.17) is 4.74 Å². The molecule has 0 bridgehead atoms. The minimum Gasteiger partial charge on any atom is -0.464 e.